The number of hydrogen-bond acceptors (Lipinski definition) is 2. The van der Waals surface area contributed by atoms with E-state index in [4.69, 9.17) is 11.6 Å². The van der Waals surface area contributed by atoms with Crippen LogP contribution in [-0.4, -0.2) is 31.1 Å². The van der Waals surface area contributed by atoms with Crippen molar-refractivity contribution >= 4 is 11.6 Å². The molecule has 0 fully saturated rings. The first kappa shape index (κ1) is 15.4. The molecule has 0 bridgehead atoms. The predicted molar refractivity (Wildman–Crippen MR) is 75.5 cm³/mol. The Kier molecular flexibility index (Phi) is 6.61. The third-order valence-corrected chi connectivity index (χ3v) is 3.68. The van der Waals surface area contributed by atoms with Crippen molar-refractivity contribution in [2.24, 2.45) is 0 Å². The van der Waals surface area contributed by atoms with Gasteiger partial charge in [0.25, 0.3) is 0 Å². The molecule has 0 aromatic heterocycles. The lowest BCUT2D eigenvalue weighted by atomic mass is 10.2. The van der Waals surface area contributed by atoms with E-state index in [1.54, 1.807) is 6.07 Å². The van der Waals surface area contributed by atoms with Gasteiger partial charge in [-0.25, -0.2) is 4.39 Å². The third-order valence-electron chi connectivity index (χ3n) is 3.31. The van der Waals surface area contributed by atoms with Crippen LogP contribution >= 0.6 is 11.6 Å². The molecular weight excluding hydrogens is 251 g/mol. The smallest absolute Gasteiger partial charge is 0.123 e. The van der Waals surface area contributed by atoms with Crippen LogP contribution < -0.4 is 5.32 Å². The molecule has 2 nitrogen and oxygen atoms in total. The van der Waals surface area contributed by atoms with E-state index in [-0.39, 0.29) is 5.82 Å². The van der Waals surface area contributed by atoms with Gasteiger partial charge in [-0.1, -0.05) is 18.5 Å². The molecule has 1 aromatic carbocycles. The van der Waals surface area contributed by atoms with Crippen LogP contribution in [-0.2, 0) is 6.54 Å². The minimum Gasteiger partial charge on any atom is -0.311 e. The van der Waals surface area contributed by atoms with Gasteiger partial charge in [0.2, 0.25) is 0 Å². The van der Waals surface area contributed by atoms with Crippen LogP contribution in [0, 0.1) is 5.82 Å². The highest BCUT2D eigenvalue weighted by Gasteiger charge is 2.06. The van der Waals surface area contributed by atoms with Gasteiger partial charge in [0.1, 0.15) is 5.82 Å². The second-order valence-electron chi connectivity index (χ2n) is 4.65. The van der Waals surface area contributed by atoms with Crippen LogP contribution in [0.5, 0.6) is 0 Å². The molecule has 0 heterocycles. The van der Waals surface area contributed by atoms with Crippen LogP contribution in [0.4, 0.5) is 4.39 Å². The first-order valence-electron chi connectivity index (χ1n) is 6.39. The quantitative estimate of drug-likeness (QED) is 0.766. The standard InChI is InChI=1S/C14H22ClFN2/c1-4-11(2)18(3)8-7-17-10-12-9-13(16)5-6-14(12)15/h5-6,9,11,17H,4,7-8,10H2,1-3H3. The number of halogens is 2. The first-order valence-corrected chi connectivity index (χ1v) is 6.77. The zero-order valence-electron chi connectivity index (χ0n) is 11.3. The van der Waals surface area contributed by atoms with E-state index in [0.29, 0.717) is 17.6 Å². The molecule has 1 atom stereocenters. The normalized spacial score (nSPS) is 13.0. The number of rotatable bonds is 7. The first-order chi connectivity index (χ1) is 8.54. The molecule has 102 valence electrons. The maximum Gasteiger partial charge on any atom is 0.123 e. The predicted octanol–water partition coefficient (Wildman–Crippen LogP) is 3.30. The minimum atomic E-state index is -0.243. The van der Waals surface area contributed by atoms with Crippen molar-refractivity contribution in [3.8, 4) is 0 Å². The Bertz CT molecular complexity index is 371. The van der Waals surface area contributed by atoms with Gasteiger partial charge in [0, 0.05) is 30.7 Å². The van der Waals surface area contributed by atoms with Gasteiger partial charge in [-0.05, 0) is 44.2 Å². The van der Waals surface area contributed by atoms with Crippen molar-refractivity contribution in [2.75, 3.05) is 20.1 Å². The second kappa shape index (κ2) is 7.72. The topological polar surface area (TPSA) is 15.3 Å². The van der Waals surface area contributed by atoms with Gasteiger partial charge in [-0.3, -0.25) is 0 Å². The van der Waals surface area contributed by atoms with E-state index in [0.717, 1.165) is 25.1 Å². The lowest BCUT2D eigenvalue weighted by Gasteiger charge is -2.23. The van der Waals surface area contributed by atoms with Gasteiger partial charge in [0.05, 0.1) is 0 Å². The van der Waals surface area contributed by atoms with Crippen molar-refractivity contribution in [1.82, 2.24) is 10.2 Å². The van der Waals surface area contributed by atoms with Crippen LogP contribution in [0.3, 0.4) is 0 Å². The number of hydrogen-bond donors (Lipinski definition) is 1. The van der Waals surface area contributed by atoms with Crippen molar-refractivity contribution in [3.05, 3.63) is 34.6 Å². The van der Waals surface area contributed by atoms with Crippen LogP contribution in [0.25, 0.3) is 0 Å². The number of likely N-dealkylation sites (N-methyl/N-ethyl adjacent to an activating group) is 1. The summed E-state index contributed by atoms with van der Waals surface area (Å²) in [5, 5.41) is 3.90. The van der Waals surface area contributed by atoms with E-state index in [9.17, 15) is 4.39 Å². The third kappa shape index (κ3) is 4.92. The molecule has 0 radical (unpaired) electrons. The van der Waals surface area contributed by atoms with Gasteiger partial charge < -0.3 is 10.2 Å². The average Bonchev–Trinajstić information content (AvgIpc) is 2.37. The van der Waals surface area contributed by atoms with Crippen molar-refractivity contribution in [3.63, 3.8) is 0 Å². The van der Waals surface area contributed by atoms with Crippen molar-refractivity contribution < 1.29 is 4.39 Å². The Morgan fingerprint density at radius 1 is 1.44 bits per heavy atom. The Labute approximate surface area is 114 Å². The lowest BCUT2D eigenvalue weighted by Crippen LogP contribution is -2.34. The molecule has 1 aromatic rings. The Morgan fingerprint density at radius 3 is 2.83 bits per heavy atom. The van der Waals surface area contributed by atoms with E-state index < -0.39 is 0 Å². The molecule has 0 spiro atoms. The minimum absolute atomic E-state index is 0.243. The summed E-state index contributed by atoms with van der Waals surface area (Å²) in [6.07, 6.45) is 1.15. The van der Waals surface area contributed by atoms with Crippen LogP contribution in [0.15, 0.2) is 18.2 Å². The Hall–Kier alpha value is -0.640. The van der Waals surface area contributed by atoms with E-state index in [1.165, 1.54) is 12.1 Å². The maximum atomic E-state index is 13.0. The maximum absolute atomic E-state index is 13.0. The highest BCUT2D eigenvalue weighted by Crippen LogP contribution is 2.16. The molecule has 18 heavy (non-hydrogen) atoms. The highest BCUT2D eigenvalue weighted by atomic mass is 35.5. The van der Waals surface area contributed by atoms with Gasteiger partial charge in [0.15, 0.2) is 0 Å². The molecule has 0 saturated heterocycles. The molecule has 0 amide bonds. The fraction of sp³-hybridized carbons (Fsp3) is 0.571. The zero-order chi connectivity index (χ0) is 13.5. The Balaban J connectivity index is 2.31. The molecule has 4 heteroatoms. The van der Waals surface area contributed by atoms with E-state index in [2.05, 4.69) is 31.1 Å². The molecule has 1 N–H and O–H groups in total. The van der Waals surface area contributed by atoms with E-state index >= 15 is 0 Å². The fourth-order valence-corrected chi connectivity index (χ4v) is 1.87. The van der Waals surface area contributed by atoms with Gasteiger partial charge in [-0.2, -0.15) is 0 Å². The number of benzene rings is 1. The van der Waals surface area contributed by atoms with Gasteiger partial charge >= 0.3 is 0 Å². The summed E-state index contributed by atoms with van der Waals surface area (Å²) in [6, 6.07) is 5.04. The summed E-state index contributed by atoms with van der Waals surface area (Å²) in [6.45, 7) is 6.84. The SMILES string of the molecule is CCC(C)N(C)CCNCc1cc(F)ccc1Cl. The van der Waals surface area contributed by atoms with Crippen molar-refractivity contribution in [1.29, 1.82) is 0 Å². The van der Waals surface area contributed by atoms with Crippen LogP contribution in [0.2, 0.25) is 5.02 Å². The fourth-order valence-electron chi connectivity index (χ4n) is 1.69. The largest absolute Gasteiger partial charge is 0.311 e. The average molecular weight is 273 g/mol. The highest BCUT2D eigenvalue weighted by molar-refractivity contribution is 6.31. The Morgan fingerprint density at radius 2 is 2.17 bits per heavy atom. The molecule has 1 unspecified atom stereocenters. The molecule has 0 aliphatic rings. The lowest BCUT2D eigenvalue weighted by molar-refractivity contribution is 0.251. The van der Waals surface area contributed by atoms with Crippen molar-refractivity contribution in [2.45, 2.75) is 32.9 Å². The summed E-state index contributed by atoms with van der Waals surface area (Å²) in [7, 11) is 2.12. The molecule has 0 aliphatic carbocycles. The zero-order valence-corrected chi connectivity index (χ0v) is 12.1. The number of nitrogens with one attached hydrogen (secondary N) is 1. The van der Waals surface area contributed by atoms with Gasteiger partial charge in [-0.15, -0.1) is 0 Å². The molecule has 0 saturated carbocycles. The van der Waals surface area contributed by atoms with Crippen LogP contribution in [0.1, 0.15) is 25.8 Å². The summed E-state index contributed by atoms with van der Waals surface area (Å²) in [5.41, 5.74) is 0.808. The summed E-state index contributed by atoms with van der Waals surface area (Å²) < 4.78 is 13.0. The second-order valence-corrected chi connectivity index (χ2v) is 5.06. The van der Waals surface area contributed by atoms with E-state index in [1.807, 2.05) is 0 Å². The monoisotopic (exact) mass is 272 g/mol. The summed E-state index contributed by atoms with van der Waals surface area (Å²) in [5.74, 6) is -0.243. The molecule has 1 rings (SSSR count). The molecule has 0 aliphatic heterocycles. The molecular formula is C14H22ClFN2. The summed E-state index contributed by atoms with van der Waals surface area (Å²) >= 11 is 5.99. The summed E-state index contributed by atoms with van der Waals surface area (Å²) in [4.78, 5) is 2.31. The number of nitrogens with zero attached hydrogens (tertiary/aromatic N) is 1.